The van der Waals surface area contributed by atoms with Crippen LogP contribution in [0.5, 0.6) is 0 Å². The van der Waals surface area contributed by atoms with E-state index in [1.54, 1.807) is 6.07 Å². The summed E-state index contributed by atoms with van der Waals surface area (Å²) in [5.41, 5.74) is 1.98. The lowest BCUT2D eigenvalue weighted by atomic mass is 9.96. The average Bonchev–Trinajstić information content (AvgIpc) is 3.08. The summed E-state index contributed by atoms with van der Waals surface area (Å²) in [4.78, 5) is 16.2. The minimum absolute atomic E-state index is 0.0201. The van der Waals surface area contributed by atoms with E-state index in [9.17, 15) is 4.79 Å². The van der Waals surface area contributed by atoms with E-state index < -0.39 is 0 Å². The quantitative estimate of drug-likeness (QED) is 0.922. The second-order valence-electron chi connectivity index (χ2n) is 6.13. The van der Waals surface area contributed by atoms with E-state index in [-0.39, 0.29) is 5.91 Å². The Morgan fingerprint density at radius 1 is 1.35 bits per heavy atom. The molecule has 1 amide bonds. The molecule has 0 aromatic carbocycles. The number of thiophene rings is 2. The molecule has 0 radical (unpaired) electrons. The lowest BCUT2D eigenvalue weighted by molar-refractivity contribution is -0.118. The molecule has 2 aromatic heterocycles. The summed E-state index contributed by atoms with van der Waals surface area (Å²) in [6.07, 6.45) is 3.56. The first-order chi connectivity index (χ1) is 11.3. The smallest absolute Gasteiger partial charge is 0.239 e. The first kappa shape index (κ1) is 14.9. The van der Waals surface area contributed by atoms with Gasteiger partial charge in [-0.05, 0) is 53.6 Å². The molecule has 6 heteroatoms. The van der Waals surface area contributed by atoms with Gasteiger partial charge in [0.25, 0.3) is 0 Å². The fraction of sp³-hybridized carbons (Fsp3) is 0.412. The molecular formula is C17H17N3OS2. The number of fused-ring (bicyclic) bond motifs is 1. The summed E-state index contributed by atoms with van der Waals surface area (Å²) in [6, 6.07) is 6.49. The zero-order chi connectivity index (χ0) is 15.8. The molecule has 1 aliphatic carbocycles. The van der Waals surface area contributed by atoms with Crippen LogP contribution >= 0.6 is 22.7 Å². The summed E-state index contributed by atoms with van der Waals surface area (Å²) in [7, 11) is 0. The van der Waals surface area contributed by atoms with Crippen molar-refractivity contribution in [2.24, 2.45) is 5.92 Å². The highest BCUT2D eigenvalue weighted by Gasteiger charge is 2.40. The Morgan fingerprint density at radius 3 is 2.96 bits per heavy atom. The van der Waals surface area contributed by atoms with Gasteiger partial charge < -0.3 is 5.32 Å². The van der Waals surface area contributed by atoms with Gasteiger partial charge in [-0.25, -0.2) is 0 Å². The topological polar surface area (TPSA) is 56.1 Å². The van der Waals surface area contributed by atoms with Gasteiger partial charge in [0.2, 0.25) is 5.91 Å². The first-order valence-corrected chi connectivity index (χ1v) is 9.60. The number of hydrogen-bond donors (Lipinski definition) is 1. The van der Waals surface area contributed by atoms with Crippen LogP contribution in [0.4, 0.5) is 5.00 Å². The maximum absolute atomic E-state index is 12.4. The zero-order valence-corrected chi connectivity index (χ0v) is 14.3. The van der Waals surface area contributed by atoms with Crippen molar-refractivity contribution in [2.75, 3.05) is 18.4 Å². The van der Waals surface area contributed by atoms with Gasteiger partial charge in [-0.1, -0.05) is 0 Å². The fourth-order valence-electron chi connectivity index (χ4n) is 3.38. The molecule has 118 valence electrons. The lowest BCUT2D eigenvalue weighted by Gasteiger charge is -2.35. The van der Waals surface area contributed by atoms with E-state index in [1.807, 2.05) is 16.7 Å². The molecule has 1 fully saturated rings. The Labute approximate surface area is 143 Å². The summed E-state index contributed by atoms with van der Waals surface area (Å²) in [5, 5.41) is 16.6. The van der Waals surface area contributed by atoms with Crippen molar-refractivity contribution in [1.29, 1.82) is 5.26 Å². The molecular weight excluding hydrogens is 326 g/mol. The van der Waals surface area contributed by atoms with Crippen LogP contribution in [0.1, 0.15) is 34.9 Å². The molecule has 1 atom stereocenters. The van der Waals surface area contributed by atoms with Crippen molar-refractivity contribution in [3.8, 4) is 6.07 Å². The second kappa shape index (κ2) is 6.08. The predicted molar refractivity (Wildman–Crippen MR) is 92.7 cm³/mol. The normalized spacial score (nSPS) is 20.7. The number of nitrogens with zero attached hydrogens (tertiary/aromatic N) is 2. The van der Waals surface area contributed by atoms with Crippen LogP contribution in [-0.2, 0) is 11.2 Å². The third-order valence-corrected chi connectivity index (χ3v) is 6.40. The standard InChI is InChI=1S/C17H17N3OS2/c18-9-12-4-7-23-17(12)19-15(21)10-20-6-3-14-13(5-8-22-14)16(20)11-1-2-11/h4-5,7-8,11,16H,1-3,6,10H2,(H,19,21)/t16-/m1/s1. The summed E-state index contributed by atoms with van der Waals surface area (Å²) < 4.78 is 0. The van der Waals surface area contributed by atoms with Gasteiger partial charge in [-0.2, -0.15) is 5.26 Å². The molecule has 2 aromatic rings. The molecule has 0 bridgehead atoms. The third kappa shape index (κ3) is 2.92. The molecule has 1 N–H and O–H groups in total. The van der Waals surface area contributed by atoms with E-state index in [0.717, 1.165) is 13.0 Å². The van der Waals surface area contributed by atoms with Crippen molar-refractivity contribution < 1.29 is 4.79 Å². The highest BCUT2D eigenvalue weighted by molar-refractivity contribution is 7.14. The van der Waals surface area contributed by atoms with Crippen molar-refractivity contribution in [3.63, 3.8) is 0 Å². The van der Waals surface area contributed by atoms with Gasteiger partial charge in [-0.3, -0.25) is 9.69 Å². The van der Waals surface area contributed by atoms with Crippen LogP contribution in [0.15, 0.2) is 22.9 Å². The van der Waals surface area contributed by atoms with Crippen LogP contribution in [0.2, 0.25) is 0 Å². The van der Waals surface area contributed by atoms with Gasteiger partial charge in [0, 0.05) is 17.5 Å². The van der Waals surface area contributed by atoms with Gasteiger partial charge in [0.15, 0.2) is 0 Å². The molecule has 1 aliphatic heterocycles. The average molecular weight is 343 g/mol. The summed E-state index contributed by atoms with van der Waals surface area (Å²) in [5.74, 6) is 0.682. The van der Waals surface area contributed by atoms with E-state index in [1.165, 1.54) is 34.6 Å². The van der Waals surface area contributed by atoms with Crippen molar-refractivity contribution in [3.05, 3.63) is 38.9 Å². The second-order valence-corrected chi connectivity index (χ2v) is 8.04. The highest BCUT2D eigenvalue weighted by atomic mass is 32.1. The van der Waals surface area contributed by atoms with Crippen molar-refractivity contribution >= 4 is 33.6 Å². The number of nitrogens with one attached hydrogen (secondary N) is 1. The maximum atomic E-state index is 12.4. The van der Waals surface area contributed by atoms with E-state index in [0.29, 0.717) is 29.1 Å². The zero-order valence-electron chi connectivity index (χ0n) is 12.6. The van der Waals surface area contributed by atoms with E-state index >= 15 is 0 Å². The maximum Gasteiger partial charge on any atom is 0.239 e. The monoisotopic (exact) mass is 343 g/mol. The van der Waals surface area contributed by atoms with Crippen LogP contribution in [0.3, 0.4) is 0 Å². The Balaban J connectivity index is 1.48. The summed E-state index contributed by atoms with van der Waals surface area (Å²) >= 11 is 3.24. The number of anilines is 1. The van der Waals surface area contributed by atoms with Crippen LogP contribution < -0.4 is 5.32 Å². The Bertz CT molecular complexity index is 769. The molecule has 0 unspecified atom stereocenters. The van der Waals surface area contributed by atoms with Crippen LogP contribution in [0, 0.1) is 17.2 Å². The third-order valence-electron chi connectivity index (χ3n) is 4.57. The number of nitriles is 1. The first-order valence-electron chi connectivity index (χ1n) is 7.84. The minimum Gasteiger partial charge on any atom is -0.315 e. The predicted octanol–water partition coefficient (Wildman–Crippen LogP) is 3.63. The molecule has 0 saturated heterocycles. The SMILES string of the molecule is N#Cc1ccsc1NC(=O)CN1CCc2sccc2[C@H]1C1CC1. The highest BCUT2D eigenvalue weighted by Crippen LogP contribution is 2.48. The van der Waals surface area contributed by atoms with E-state index in [4.69, 9.17) is 5.26 Å². The number of hydrogen-bond acceptors (Lipinski definition) is 5. The van der Waals surface area contributed by atoms with E-state index in [2.05, 4.69) is 27.7 Å². The van der Waals surface area contributed by atoms with Crippen molar-refractivity contribution in [2.45, 2.75) is 25.3 Å². The number of carbonyl (C=O) groups excluding carboxylic acids is 1. The van der Waals surface area contributed by atoms with Gasteiger partial charge in [0.1, 0.15) is 11.1 Å². The number of carbonyl (C=O) groups is 1. The number of amides is 1. The minimum atomic E-state index is -0.0201. The summed E-state index contributed by atoms with van der Waals surface area (Å²) in [6.45, 7) is 1.34. The van der Waals surface area contributed by atoms with Crippen molar-refractivity contribution in [1.82, 2.24) is 4.90 Å². The molecule has 1 saturated carbocycles. The Hall–Kier alpha value is -1.68. The largest absolute Gasteiger partial charge is 0.315 e. The Morgan fingerprint density at radius 2 is 2.17 bits per heavy atom. The van der Waals surface area contributed by atoms with Crippen LogP contribution in [0.25, 0.3) is 0 Å². The molecule has 0 spiro atoms. The van der Waals surface area contributed by atoms with Gasteiger partial charge in [0.05, 0.1) is 12.1 Å². The van der Waals surface area contributed by atoms with Gasteiger partial charge in [-0.15, -0.1) is 22.7 Å². The molecule has 2 aliphatic rings. The molecule has 3 heterocycles. The lowest BCUT2D eigenvalue weighted by Crippen LogP contribution is -2.41. The fourth-order valence-corrected chi connectivity index (χ4v) is 5.05. The molecule has 4 rings (SSSR count). The molecule has 4 nitrogen and oxygen atoms in total. The van der Waals surface area contributed by atoms with Crippen LogP contribution in [-0.4, -0.2) is 23.9 Å². The van der Waals surface area contributed by atoms with Gasteiger partial charge >= 0.3 is 0 Å². The number of rotatable bonds is 4. The molecule has 23 heavy (non-hydrogen) atoms. The Kier molecular flexibility index (Phi) is 3.93.